The molecule has 0 aromatic heterocycles. The third-order valence-electron chi connectivity index (χ3n) is 2.46. The van der Waals surface area contributed by atoms with Crippen LogP contribution in [-0.2, 0) is 20.8 Å². The molecule has 0 saturated heterocycles. The molecule has 0 bridgehead atoms. The predicted octanol–water partition coefficient (Wildman–Crippen LogP) is 3.62. The first kappa shape index (κ1) is 26.6. The lowest BCUT2D eigenvalue weighted by Gasteiger charge is -1.99. The summed E-state index contributed by atoms with van der Waals surface area (Å²) in [5, 5.41) is 0. The molecule has 0 saturated carbocycles. The van der Waals surface area contributed by atoms with Crippen molar-refractivity contribution in [1.29, 1.82) is 0 Å². The molecule has 10 heteroatoms. The molecule has 0 fully saturated rings. The maximum Gasteiger partial charge on any atom is 0.394 e. The second-order valence-electron chi connectivity index (χ2n) is 4.72. The van der Waals surface area contributed by atoms with E-state index in [0.717, 1.165) is 0 Å². The van der Waals surface area contributed by atoms with Crippen LogP contribution in [0.15, 0.2) is 0 Å². The zero-order valence-corrected chi connectivity index (χ0v) is 14.9. The molecule has 0 aliphatic carbocycles. The highest BCUT2D eigenvalue weighted by molar-refractivity contribution is 7.80. The van der Waals surface area contributed by atoms with Gasteiger partial charge >= 0.3 is 20.8 Å². The second-order valence-corrected chi connectivity index (χ2v) is 6.52. The van der Waals surface area contributed by atoms with Gasteiger partial charge in [0, 0.05) is 0 Å². The van der Waals surface area contributed by atoms with Gasteiger partial charge in [0.1, 0.15) is 0 Å². The second kappa shape index (κ2) is 17.1. The molecule has 0 spiro atoms. The molecule has 22 heavy (non-hydrogen) atoms. The van der Waals surface area contributed by atoms with Crippen LogP contribution in [0.25, 0.3) is 0 Å². The van der Waals surface area contributed by atoms with Crippen molar-refractivity contribution in [3.63, 3.8) is 0 Å². The molecule has 0 rings (SSSR count). The van der Waals surface area contributed by atoms with Gasteiger partial charge in [0.25, 0.3) is 0 Å². The van der Waals surface area contributed by atoms with Gasteiger partial charge in [0.05, 0.1) is 0 Å². The maximum absolute atomic E-state index is 8.74. The Kier molecular flexibility index (Phi) is 20.7. The minimum atomic E-state index is -4.67. The lowest BCUT2D eigenvalue weighted by atomic mass is 10.1. The van der Waals surface area contributed by atoms with E-state index in [2.05, 4.69) is 13.8 Å². The molecule has 0 aliphatic rings. The minimum absolute atomic E-state index is 1.37. The molecular formula is C12H30O8S2. The Bertz CT molecular complexity index is 347. The van der Waals surface area contributed by atoms with Crippen molar-refractivity contribution in [3.8, 4) is 0 Å². The van der Waals surface area contributed by atoms with Crippen LogP contribution in [0.4, 0.5) is 0 Å². The van der Waals surface area contributed by atoms with Crippen LogP contribution in [-0.4, -0.2) is 35.0 Å². The van der Waals surface area contributed by atoms with E-state index in [1.165, 1.54) is 64.2 Å². The van der Waals surface area contributed by atoms with Gasteiger partial charge in [-0.2, -0.15) is 16.8 Å². The largest absolute Gasteiger partial charge is 0.394 e. The van der Waals surface area contributed by atoms with Crippen LogP contribution < -0.4 is 0 Å². The van der Waals surface area contributed by atoms with Crippen LogP contribution in [0.3, 0.4) is 0 Å². The Labute approximate surface area is 134 Å². The summed E-state index contributed by atoms with van der Waals surface area (Å²) in [7, 11) is -9.33. The van der Waals surface area contributed by atoms with Crippen molar-refractivity contribution < 1.29 is 35.0 Å². The number of unbranched alkanes of at least 4 members (excludes halogenated alkanes) is 9. The first-order chi connectivity index (χ1) is 9.91. The average Bonchev–Trinajstić information content (AvgIpc) is 2.28. The zero-order chi connectivity index (χ0) is 18.1. The molecule has 0 radical (unpaired) electrons. The summed E-state index contributed by atoms with van der Waals surface area (Å²) in [5.41, 5.74) is 0. The van der Waals surface area contributed by atoms with Crippen molar-refractivity contribution >= 4 is 20.8 Å². The number of rotatable bonds is 9. The smallest absolute Gasteiger partial charge is 0.264 e. The number of hydrogen-bond donors (Lipinski definition) is 4. The molecule has 0 amide bonds. The van der Waals surface area contributed by atoms with E-state index in [9.17, 15) is 0 Å². The van der Waals surface area contributed by atoms with E-state index >= 15 is 0 Å². The molecule has 0 aromatic rings. The summed E-state index contributed by atoms with van der Waals surface area (Å²) in [6.07, 6.45) is 14.4. The Balaban J connectivity index is -0.000000298. The fraction of sp³-hybridized carbons (Fsp3) is 1.00. The molecule has 138 valence electrons. The molecule has 8 nitrogen and oxygen atoms in total. The van der Waals surface area contributed by atoms with Gasteiger partial charge in [-0.15, -0.1) is 0 Å². The van der Waals surface area contributed by atoms with Gasteiger partial charge in [0.15, 0.2) is 0 Å². The Morgan fingerprint density at radius 1 is 0.500 bits per heavy atom. The van der Waals surface area contributed by atoms with E-state index in [1.807, 2.05) is 0 Å². The molecule has 0 aromatic carbocycles. The summed E-state index contributed by atoms with van der Waals surface area (Å²) in [5.74, 6) is 0. The summed E-state index contributed by atoms with van der Waals surface area (Å²) in [6.45, 7) is 4.56. The minimum Gasteiger partial charge on any atom is -0.264 e. The Morgan fingerprint density at radius 3 is 0.773 bits per heavy atom. The highest BCUT2D eigenvalue weighted by Crippen LogP contribution is 2.09. The van der Waals surface area contributed by atoms with Gasteiger partial charge in [-0.05, 0) is 0 Å². The van der Waals surface area contributed by atoms with Crippen LogP contribution in [0, 0.1) is 0 Å². The predicted molar refractivity (Wildman–Crippen MR) is 85.9 cm³/mol. The highest BCUT2D eigenvalue weighted by Gasteiger charge is 1.90. The molecule has 0 unspecified atom stereocenters. The Hall–Kier alpha value is -0.260. The van der Waals surface area contributed by atoms with E-state index in [4.69, 9.17) is 35.0 Å². The molecule has 4 N–H and O–H groups in total. The van der Waals surface area contributed by atoms with Crippen LogP contribution in [0.2, 0.25) is 0 Å². The van der Waals surface area contributed by atoms with Crippen LogP contribution >= 0.6 is 0 Å². The van der Waals surface area contributed by atoms with Gasteiger partial charge < -0.3 is 0 Å². The highest BCUT2D eigenvalue weighted by atomic mass is 32.3. The lowest BCUT2D eigenvalue weighted by Crippen LogP contribution is -1.89. The van der Waals surface area contributed by atoms with Gasteiger partial charge in [-0.3, -0.25) is 18.2 Å². The molecule has 0 atom stereocenters. The van der Waals surface area contributed by atoms with Crippen molar-refractivity contribution in [2.75, 3.05) is 0 Å². The first-order valence-electron chi connectivity index (χ1n) is 7.31. The summed E-state index contributed by atoms with van der Waals surface area (Å²) < 4.78 is 63.2. The van der Waals surface area contributed by atoms with Crippen LogP contribution in [0.1, 0.15) is 78.1 Å². The molecule has 0 aliphatic heterocycles. The Morgan fingerprint density at radius 2 is 0.636 bits per heavy atom. The topological polar surface area (TPSA) is 149 Å². The normalized spacial score (nSPS) is 11.0. The van der Waals surface area contributed by atoms with Gasteiger partial charge in [-0.25, -0.2) is 0 Å². The van der Waals surface area contributed by atoms with Crippen molar-refractivity contribution in [3.05, 3.63) is 0 Å². The lowest BCUT2D eigenvalue weighted by molar-refractivity contribution is 0.378. The molecule has 0 heterocycles. The SMILES string of the molecule is CCCCCCCCCCCC.O=S(=O)(O)O.O=S(=O)(O)O. The standard InChI is InChI=1S/C12H26.2H2O4S/c1-3-5-7-9-11-12-10-8-6-4-2;2*1-5(2,3)4/h3-12H2,1-2H3;2*(H2,1,2,3,4). The van der Waals surface area contributed by atoms with E-state index in [1.54, 1.807) is 0 Å². The van der Waals surface area contributed by atoms with Gasteiger partial charge in [-0.1, -0.05) is 78.1 Å². The van der Waals surface area contributed by atoms with Gasteiger partial charge in [0.2, 0.25) is 0 Å². The maximum atomic E-state index is 8.74. The summed E-state index contributed by atoms with van der Waals surface area (Å²) in [4.78, 5) is 0. The van der Waals surface area contributed by atoms with E-state index in [-0.39, 0.29) is 0 Å². The van der Waals surface area contributed by atoms with Crippen molar-refractivity contribution in [2.24, 2.45) is 0 Å². The quantitative estimate of drug-likeness (QED) is 0.357. The van der Waals surface area contributed by atoms with E-state index in [0.29, 0.717) is 0 Å². The summed E-state index contributed by atoms with van der Waals surface area (Å²) in [6, 6.07) is 0. The first-order valence-corrected chi connectivity index (χ1v) is 10.1. The fourth-order valence-corrected chi connectivity index (χ4v) is 1.56. The van der Waals surface area contributed by atoms with Crippen molar-refractivity contribution in [1.82, 2.24) is 0 Å². The van der Waals surface area contributed by atoms with Crippen LogP contribution in [0.5, 0.6) is 0 Å². The zero-order valence-electron chi connectivity index (χ0n) is 13.3. The third-order valence-corrected chi connectivity index (χ3v) is 2.46. The van der Waals surface area contributed by atoms with Crippen molar-refractivity contribution in [2.45, 2.75) is 78.1 Å². The third kappa shape index (κ3) is 90.8. The fourth-order valence-electron chi connectivity index (χ4n) is 1.56. The average molecular weight is 366 g/mol. The molecular weight excluding hydrogens is 336 g/mol. The monoisotopic (exact) mass is 366 g/mol. The number of hydrogen-bond acceptors (Lipinski definition) is 4. The van der Waals surface area contributed by atoms with E-state index < -0.39 is 20.8 Å². The summed E-state index contributed by atoms with van der Waals surface area (Å²) >= 11 is 0.